The highest BCUT2D eigenvalue weighted by molar-refractivity contribution is 7.54. The summed E-state index contributed by atoms with van der Waals surface area (Å²) in [6.07, 6.45) is 0. The topological polar surface area (TPSA) is 70.8 Å². The van der Waals surface area contributed by atoms with Crippen molar-refractivity contribution >= 4 is 7.60 Å². The monoisotopic (exact) mass is 315 g/mol. The van der Waals surface area contributed by atoms with Gasteiger partial charge in [-0.25, -0.2) is 0 Å². The van der Waals surface area contributed by atoms with E-state index in [1.54, 1.807) is 26.0 Å². The SMILES string of the molecule is CCOP(=O)(OCC)[C@@H](N)c1ccc(OC(C)(C)C)cc1. The molecule has 5 nitrogen and oxygen atoms in total. The second-order valence-electron chi connectivity index (χ2n) is 5.60. The van der Waals surface area contributed by atoms with Gasteiger partial charge in [-0.1, -0.05) is 12.1 Å². The molecule has 0 saturated heterocycles. The molecule has 0 amide bonds. The summed E-state index contributed by atoms with van der Waals surface area (Å²) in [5.74, 6) is -0.0674. The molecular weight excluding hydrogens is 289 g/mol. The molecule has 2 N–H and O–H groups in total. The number of benzene rings is 1. The van der Waals surface area contributed by atoms with Crippen LogP contribution in [-0.4, -0.2) is 18.8 Å². The summed E-state index contributed by atoms with van der Waals surface area (Å²) >= 11 is 0. The van der Waals surface area contributed by atoms with Gasteiger partial charge in [0.1, 0.15) is 17.1 Å². The van der Waals surface area contributed by atoms with Gasteiger partial charge in [-0.2, -0.15) is 0 Å². The first-order valence-corrected chi connectivity index (χ1v) is 8.76. The summed E-state index contributed by atoms with van der Waals surface area (Å²) in [5, 5.41) is 0. The standard InChI is InChI=1S/C15H26NO4P/c1-6-18-21(17,19-7-2)14(16)12-8-10-13(11-9-12)20-15(3,4)5/h8-11,14H,6-7,16H2,1-5H3/t14-/m1/s1. The second kappa shape index (κ2) is 7.41. The highest BCUT2D eigenvalue weighted by Gasteiger charge is 2.33. The number of rotatable bonds is 7. The van der Waals surface area contributed by atoms with E-state index in [-0.39, 0.29) is 18.8 Å². The van der Waals surface area contributed by atoms with E-state index < -0.39 is 13.4 Å². The Morgan fingerprint density at radius 2 is 1.57 bits per heavy atom. The highest BCUT2D eigenvalue weighted by Crippen LogP contribution is 2.58. The number of hydrogen-bond acceptors (Lipinski definition) is 5. The van der Waals surface area contributed by atoms with Crippen LogP contribution in [0.15, 0.2) is 24.3 Å². The van der Waals surface area contributed by atoms with Crippen LogP contribution in [0.25, 0.3) is 0 Å². The summed E-state index contributed by atoms with van der Waals surface area (Å²) in [6.45, 7) is 10.0. The van der Waals surface area contributed by atoms with E-state index in [0.29, 0.717) is 5.56 Å². The van der Waals surface area contributed by atoms with E-state index in [4.69, 9.17) is 19.5 Å². The first-order chi connectivity index (χ1) is 9.72. The normalized spacial score (nSPS) is 14.0. The molecule has 1 atom stereocenters. The van der Waals surface area contributed by atoms with Crippen molar-refractivity contribution in [2.75, 3.05) is 13.2 Å². The molecule has 0 saturated carbocycles. The van der Waals surface area contributed by atoms with Gasteiger partial charge in [0.05, 0.1) is 13.2 Å². The van der Waals surface area contributed by atoms with Crippen LogP contribution in [0.1, 0.15) is 46.0 Å². The van der Waals surface area contributed by atoms with Crippen molar-refractivity contribution in [3.05, 3.63) is 29.8 Å². The smallest absolute Gasteiger partial charge is 0.351 e. The number of nitrogens with two attached hydrogens (primary N) is 1. The molecule has 0 aliphatic carbocycles. The lowest BCUT2D eigenvalue weighted by molar-refractivity contribution is 0.131. The van der Waals surface area contributed by atoms with Crippen LogP contribution >= 0.6 is 7.60 Å². The minimum absolute atomic E-state index is 0.268. The molecular formula is C15H26NO4P. The van der Waals surface area contributed by atoms with Crippen LogP contribution in [0.2, 0.25) is 0 Å². The van der Waals surface area contributed by atoms with Gasteiger partial charge >= 0.3 is 7.60 Å². The molecule has 0 heterocycles. The average Bonchev–Trinajstić information content (AvgIpc) is 2.37. The molecule has 0 aromatic heterocycles. The molecule has 1 aromatic rings. The fourth-order valence-electron chi connectivity index (χ4n) is 1.83. The zero-order valence-corrected chi connectivity index (χ0v) is 14.4. The lowest BCUT2D eigenvalue weighted by Crippen LogP contribution is -2.23. The lowest BCUT2D eigenvalue weighted by atomic mass is 10.1. The van der Waals surface area contributed by atoms with Crippen LogP contribution in [0, 0.1) is 0 Å². The van der Waals surface area contributed by atoms with Crippen LogP contribution in [0.4, 0.5) is 0 Å². The highest BCUT2D eigenvalue weighted by atomic mass is 31.2. The van der Waals surface area contributed by atoms with Crippen LogP contribution in [0.3, 0.4) is 0 Å². The van der Waals surface area contributed by atoms with E-state index in [1.165, 1.54) is 0 Å². The summed E-state index contributed by atoms with van der Waals surface area (Å²) in [5.41, 5.74) is 6.50. The molecule has 0 aliphatic heterocycles. The van der Waals surface area contributed by atoms with E-state index >= 15 is 0 Å². The van der Waals surface area contributed by atoms with Gasteiger partial charge in [0.15, 0.2) is 0 Å². The van der Waals surface area contributed by atoms with Gasteiger partial charge in [0, 0.05) is 0 Å². The zero-order valence-electron chi connectivity index (χ0n) is 13.5. The van der Waals surface area contributed by atoms with Gasteiger partial charge in [0.25, 0.3) is 0 Å². The Kier molecular flexibility index (Phi) is 6.41. The van der Waals surface area contributed by atoms with Crippen molar-refractivity contribution in [1.82, 2.24) is 0 Å². The molecule has 0 unspecified atom stereocenters. The minimum atomic E-state index is -3.35. The number of ether oxygens (including phenoxy) is 1. The maximum Gasteiger partial charge on any atom is 0.351 e. The maximum absolute atomic E-state index is 12.6. The Bertz CT molecular complexity index is 471. The van der Waals surface area contributed by atoms with E-state index in [2.05, 4.69) is 0 Å². The molecule has 0 aliphatic rings. The molecule has 0 spiro atoms. The average molecular weight is 315 g/mol. The fourth-order valence-corrected chi connectivity index (χ4v) is 3.48. The van der Waals surface area contributed by atoms with Crippen molar-refractivity contribution in [1.29, 1.82) is 0 Å². The molecule has 1 aromatic carbocycles. The minimum Gasteiger partial charge on any atom is -0.488 e. The second-order valence-corrected chi connectivity index (χ2v) is 7.76. The van der Waals surface area contributed by atoms with Crippen LogP contribution in [-0.2, 0) is 13.6 Å². The molecule has 1 rings (SSSR count). The van der Waals surface area contributed by atoms with Crippen molar-refractivity contribution in [2.24, 2.45) is 5.73 Å². The molecule has 21 heavy (non-hydrogen) atoms. The van der Waals surface area contributed by atoms with Gasteiger partial charge in [0.2, 0.25) is 0 Å². The van der Waals surface area contributed by atoms with E-state index in [9.17, 15) is 4.57 Å². The van der Waals surface area contributed by atoms with Crippen LogP contribution in [0.5, 0.6) is 5.75 Å². The fraction of sp³-hybridized carbons (Fsp3) is 0.600. The zero-order chi connectivity index (χ0) is 16.1. The molecule has 6 heteroatoms. The van der Waals surface area contributed by atoms with Crippen molar-refractivity contribution in [3.63, 3.8) is 0 Å². The third-order valence-electron chi connectivity index (χ3n) is 2.60. The van der Waals surface area contributed by atoms with Gasteiger partial charge in [-0.3, -0.25) is 4.57 Å². The third kappa shape index (κ3) is 5.44. The summed E-state index contributed by atoms with van der Waals surface area (Å²) in [4.78, 5) is 0. The summed E-state index contributed by atoms with van der Waals surface area (Å²) in [6, 6.07) is 7.19. The van der Waals surface area contributed by atoms with Crippen molar-refractivity contribution in [2.45, 2.75) is 46.0 Å². The number of hydrogen-bond donors (Lipinski definition) is 1. The predicted octanol–water partition coefficient (Wildman–Crippen LogP) is 4.09. The first-order valence-electron chi connectivity index (χ1n) is 7.15. The van der Waals surface area contributed by atoms with Crippen LogP contribution < -0.4 is 10.5 Å². The van der Waals surface area contributed by atoms with Crippen molar-refractivity contribution in [3.8, 4) is 5.75 Å². The Labute approximate surface area is 127 Å². The maximum atomic E-state index is 12.6. The van der Waals surface area contributed by atoms with Gasteiger partial charge in [-0.15, -0.1) is 0 Å². The predicted molar refractivity (Wildman–Crippen MR) is 84.6 cm³/mol. The van der Waals surface area contributed by atoms with E-state index in [0.717, 1.165) is 5.75 Å². The van der Waals surface area contributed by atoms with Gasteiger partial charge in [-0.05, 0) is 52.3 Å². The largest absolute Gasteiger partial charge is 0.488 e. The Balaban J connectivity index is 2.91. The Hall–Kier alpha value is -0.870. The Morgan fingerprint density at radius 3 is 1.95 bits per heavy atom. The van der Waals surface area contributed by atoms with Gasteiger partial charge < -0.3 is 19.5 Å². The molecule has 0 radical (unpaired) electrons. The first kappa shape index (κ1) is 18.2. The third-order valence-corrected chi connectivity index (χ3v) is 4.82. The van der Waals surface area contributed by atoms with E-state index in [1.807, 2.05) is 32.9 Å². The molecule has 0 fully saturated rings. The molecule has 0 bridgehead atoms. The van der Waals surface area contributed by atoms with Crippen molar-refractivity contribution < 1.29 is 18.3 Å². The lowest BCUT2D eigenvalue weighted by Gasteiger charge is -2.24. The molecule has 120 valence electrons. The summed E-state index contributed by atoms with van der Waals surface area (Å²) in [7, 11) is -3.35. The Morgan fingerprint density at radius 1 is 1.10 bits per heavy atom. The summed E-state index contributed by atoms with van der Waals surface area (Å²) < 4.78 is 28.9. The quantitative estimate of drug-likeness (QED) is 0.767.